The second-order valence-electron chi connectivity index (χ2n) is 5.12. The van der Waals surface area contributed by atoms with Crippen LogP contribution < -0.4 is 5.32 Å². The summed E-state index contributed by atoms with van der Waals surface area (Å²) in [6.07, 6.45) is 9.35. The molecule has 0 spiro atoms. The van der Waals surface area contributed by atoms with Gasteiger partial charge in [0.2, 0.25) is 0 Å². The summed E-state index contributed by atoms with van der Waals surface area (Å²) in [4.78, 5) is 4.39. The number of aromatic nitrogens is 3. The Morgan fingerprint density at radius 3 is 2.94 bits per heavy atom. The van der Waals surface area contributed by atoms with E-state index >= 15 is 0 Å². The lowest BCUT2D eigenvalue weighted by molar-refractivity contribution is 0.261. The molecule has 1 N–H and O–H groups in total. The largest absolute Gasteiger partial charge is 0.317 e. The molecule has 1 atom stereocenters. The van der Waals surface area contributed by atoms with E-state index in [0.29, 0.717) is 6.04 Å². The molecule has 0 radical (unpaired) electrons. The van der Waals surface area contributed by atoms with E-state index in [-0.39, 0.29) is 0 Å². The van der Waals surface area contributed by atoms with Crippen molar-refractivity contribution in [3.63, 3.8) is 0 Å². The van der Waals surface area contributed by atoms with Crippen LogP contribution in [0, 0.1) is 5.92 Å². The number of nitrogens with one attached hydrogen (secondary N) is 1. The monoisotopic (exact) mass is 236 g/mol. The van der Waals surface area contributed by atoms with Crippen molar-refractivity contribution in [3.05, 3.63) is 12.2 Å². The van der Waals surface area contributed by atoms with E-state index in [2.05, 4.69) is 29.4 Å². The fraction of sp³-hybridized carbons (Fsp3) is 0.846. The highest BCUT2D eigenvalue weighted by atomic mass is 15.3. The standard InChI is InChI=1S/C13H24N4/c1-3-7-17-13(15-10-16-17)9-12(14-2)8-11-5-4-6-11/h10-12,14H,3-9H2,1-2H3. The van der Waals surface area contributed by atoms with Gasteiger partial charge in [0.25, 0.3) is 0 Å². The zero-order valence-electron chi connectivity index (χ0n) is 11.0. The Hall–Kier alpha value is -0.900. The van der Waals surface area contributed by atoms with Gasteiger partial charge in [0.05, 0.1) is 0 Å². The lowest BCUT2D eigenvalue weighted by atomic mass is 9.80. The number of hydrogen-bond donors (Lipinski definition) is 1. The molecule has 1 heterocycles. The van der Waals surface area contributed by atoms with E-state index in [0.717, 1.165) is 31.1 Å². The highest BCUT2D eigenvalue weighted by molar-refractivity contribution is 4.91. The maximum absolute atomic E-state index is 4.39. The second-order valence-corrected chi connectivity index (χ2v) is 5.12. The highest BCUT2D eigenvalue weighted by Gasteiger charge is 2.22. The third-order valence-corrected chi connectivity index (χ3v) is 3.81. The van der Waals surface area contributed by atoms with Gasteiger partial charge >= 0.3 is 0 Å². The number of rotatable bonds is 7. The third kappa shape index (κ3) is 3.28. The first kappa shape index (κ1) is 12.6. The summed E-state index contributed by atoms with van der Waals surface area (Å²) in [6, 6.07) is 0.556. The summed E-state index contributed by atoms with van der Waals surface area (Å²) in [5.41, 5.74) is 0. The molecule has 2 rings (SSSR count). The minimum absolute atomic E-state index is 0.556. The summed E-state index contributed by atoms with van der Waals surface area (Å²) in [5, 5.41) is 7.71. The minimum atomic E-state index is 0.556. The summed E-state index contributed by atoms with van der Waals surface area (Å²) in [5.74, 6) is 2.07. The van der Waals surface area contributed by atoms with E-state index < -0.39 is 0 Å². The highest BCUT2D eigenvalue weighted by Crippen LogP contribution is 2.30. The number of hydrogen-bond acceptors (Lipinski definition) is 3. The number of nitrogens with zero attached hydrogens (tertiary/aromatic N) is 3. The van der Waals surface area contributed by atoms with Crippen LogP contribution in [0.15, 0.2) is 6.33 Å². The van der Waals surface area contributed by atoms with Gasteiger partial charge in [-0.05, 0) is 25.8 Å². The second kappa shape index (κ2) is 6.15. The van der Waals surface area contributed by atoms with Crippen molar-refractivity contribution in [3.8, 4) is 0 Å². The van der Waals surface area contributed by atoms with Gasteiger partial charge in [0.1, 0.15) is 12.2 Å². The van der Waals surface area contributed by atoms with E-state index in [1.165, 1.54) is 25.7 Å². The molecule has 1 fully saturated rings. The van der Waals surface area contributed by atoms with E-state index in [9.17, 15) is 0 Å². The average molecular weight is 236 g/mol. The van der Waals surface area contributed by atoms with Crippen LogP contribution in [0.3, 0.4) is 0 Å². The summed E-state index contributed by atoms with van der Waals surface area (Å²) in [7, 11) is 2.06. The predicted octanol–water partition coefficient (Wildman–Crippen LogP) is 2.01. The van der Waals surface area contributed by atoms with E-state index in [1.54, 1.807) is 6.33 Å². The Balaban J connectivity index is 1.89. The maximum atomic E-state index is 4.39. The van der Waals surface area contributed by atoms with Gasteiger partial charge in [0.15, 0.2) is 0 Å². The molecule has 1 aromatic heterocycles. The van der Waals surface area contributed by atoms with Crippen molar-refractivity contribution >= 4 is 0 Å². The normalized spacial score (nSPS) is 18.0. The average Bonchev–Trinajstić information content (AvgIpc) is 2.70. The van der Waals surface area contributed by atoms with Crippen LogP contribution in [-0.4, -0.2) is 27.9 Å². The van der Waals surface area contributed by atoms with Gasteiger partial charge in [-0.15, -0.1) is 0 Å². The third-order valence-electron chi connectivity index (χ3n) is 3.81. The molecule has 96 valence electrons. The summed E-state index contributed by atoms with van der Waals surface area (Å²) in [6.45, 7) is 3.16. The summed E-state index contributed by atoms with van der Waals surface area (Å²) >= 11 is 0. The molecule has 1 saturated carbocycles. The van der Waals surface area contributed by atoms with Crippen molar-refractivity contribution < 1.29 is 0 Å². The van der Waals surface area contributed by atoms with Crippen molar-refractivity contribution in [1.82, 2.24) is 20.1 Å². The predicted molar refractivity (Wildman–Crippen MR) is 68.8 cm³/mol. The Morgan fingerprint density at radius 1 is 1.53 bits per heavy atom. The first-order chi connectivity index (χ1) is 8.33. The first-order valence-electron chi connectivity index (χ1n) is 6.87. The van der Waals surface area contributed by atoms with E-state index in [1.807, 2.05) is 4.68 Å². The lowest BCUT2D eigenvalue weighted by Gasteiger charge is -2.29. The molecule has 17 heavy (non-hydrogen) atoms. The van der Waals surface area contributed by atoms with Gasteiger partial charge in [-0.2, -0.15) is 5.10 Å². The molecule has 1 aliphatic carbocycles. The van der Waals surface area contributed by atoms with Gasteiger partial charge in [-0.25, -0.2) is 4.98 Å². The van der Waals surface area contributed by atoms with Gasteiger partial charge in [-0.3, -0.25) is 4.68 Å². The maximum Gasteiger partial charge on any atom is 0.138 e. The summed E-state index contributed by atoms with van der Waals surface area (Å²) < 4.78 is 2.05. The molecule has 1 aromatic rings. The molecule has 0 bridgehead atoms. The fourth-order valence-corrected chi connectivity index (χ4v) is 2.50. The molecule has 0 aromatic carbocycles. The van der Waals surface area contributed by atoms with Crippen molar-refractivity contribution in [2.45, 2.75) is 58.0 Å². The Morgan fingerprint density at radius 2 is 2.35 bits per heavy atom. The Labute approximate surface area is 104 Å². The SMILES string of the molecule is CCCn1ncnc1CC(CC1CCC1)NC. The van der Waals surface area contributed by atoms with Gasteiger partial charge in [0, 0.05) is 19.0 Å². The van der Waals surface area contributed by atoms with Crippen LogP contribution >= 0.6 is 0 Å². The number of likely N-dealkylation sites (N-methyl/N-ethyl adjacent to an activating group) is 1. The van der Waals surface area contributed by atoms with Crippen molar-refractivity contribution in [2.75, 3.05) is 7.05 Å². The minimum Gasteiger partial charge on any atom is -0.317 e. The van der Waals surface area contributed by atoms with Crippen LogP contribution in [0.2, 0.25) is 0 Å². The molecule has 0 aliphatic heterocycles. The lowest BCUT2D eigenvalue weighted by Crippen LogP contribution is -2.33. The van der Waals surface area contributed by atoms with Crippen LogP contribution in [0.4, 0.5) is 0 Å². The molecule has 4 nitrogen and oxygen atoms in total. The molecule has 4 heteroatoms. The first-order valence-corrected chi connectivity index (χ1v) is 6.87. The molecule has 1 unspecified atom stereocenters. The van der Waals surface area contributed by atoms with Crippen molar-refractivity contribution in [2.24, 2.45) is 5.92 Å². The smallest absolute Gasteiger partial charge is 0.138 e. The van der Waals surface area contributed by atoms with Crippen LogP contribution in [0.1, 0.15) is 44.9 Å². The van der Waals surface area contributed by atoms with Crippen LogP contribution in [0.5, 0.6) is 0 Å². The topological polar surface area (TPSA) is 42.7 Å². The fourth-order valence-electron chi connectivity index (χ4n) is 2.50. The zero-order valence-corrected chi connectivity index (χ0v) is 11.0. The molecule has 0 saturated heterocycles. The Bertz CT molecular complexity index is 330. The molecular formula is C13H24N4. The quantitative estimate of drug-likeness (QED) is 0.787. The number of aryl methyl sites for hydroxylation is 1. The molecule has 0 amide bonds. The van der Waals surface area contributed by atoms with Gasteiger partial charge in [-0.1, -0.05) is 26.2 Å². The Kier molecular flexibility index (Phi) is 4.54. The molecule has 1 aliphatic rings. The zero-order chi connectivity index (χ0) is 12.1. The van der Waals surface area contributed by atoms with E-state index in [4.69, 9.17) is 0 Å². The van der Waals surface area contributed by atoms with Crippen LogP contribution in [-0.2, 0) is 13.0 Å². The van der Waals surface area contributed by atoms with Crippen LogP contribution in [0.25, 0.3) is 0 Å². The van der Waals surface area contributed by atoms with Crippen molar-refractivity contribution in [1.29, 1.82) is 0 Å². The van der Waals surface area contributed by atoms with Gasteiger partial charge < -0.3 is 5.32 Å². The molecular weight excluding hydrogens is 212 g/mol.